The molecular formula is C12H25NO2. The first-order valence-electron chi connectivity index (χ1n) is 5.82. The zero-order valence-corrected chi connectivity index (χ0v) is 10.7. The molecule has 0 aromatic carbocycles. The number of alkyl carbamates (subject to hydrolysis) is 1. The minimum absolute atomic E-state index is 0.313. The van der Waals surface area contributed by atoms with E-state index in [0.29, 0.717) is 6.54 Å². The van der Waals surface area contributed by atoms with Crippen LogP contribution in [0, 0.1) is 5.92 Å². The lowest BCUT2D eigenvalue weighted by Crippen LogP contribution is -2.33. The molecule has 0 aliphatic carbocycles. The summed E-state index contributed by atoms with van der Waals surface area (Å²) in [7, 11) is 0. The second kappa shape index (κ2) is 6.70. The maximum Gasteiger partial charge on any atom is 0.407 e. The van der Waals surface area contributed by atoms with Crippen molar-refractivity contribution in [2.45, 2.75) is 59.5 Å². The zero-order valence-electron chi connectivity index (χ0n) is 10.7. The van der Waals surface area contributed by atoms with Crippen molar-refractivity contribution in [3.63, 3.8) is 0 Å². The molecule has 0 saturated carbocycles. The highest BCUT2D eigenvalue weighted by Crippen LogP contribution is 2.09. The fourth-order valence-corrected chi connectivity index (χ4v) is 1.16. The van der Waals surface area contributed by atoms with Gasteiger partial charge >= 0.3 is 6.09 Å². The van der Waals surface area contributed by atoms with E-state index in [4.69, 9.17) is 4.74 Å². The first-order valence-corrected chi connectivity index (χ1v) is 5.82. The maximum atomic E-state index is 11.2. The largest absolute Gasteiger partial charge is 0.444 e. The van der Waals surface area contributed by atoms with Crippen molar-refractivity contribution in [3.05, 3.63) is 0 Å². The Morgan fingerprint density at radius 1 is 1.40 bits per heavy atom. The lowest BCUT2D eigenvalue weighted by molar-refractivity contribution is 0.0526. The number of carbonyl (C=O) groups excluding carboxylic acids is 1. The maximum absolute atomic E-state index is 11.2. The first kappa shape index (κ1) is 14.3. The molecule has 3 nitrogen and oxygen atoms in total. The molecule has 1 unspecified atom stereocenters. The van der Waals surface area contributed by atoms with Gasteiger partial charge in [-0.2, -0.15) is 0 Å². The molecule has 1 atom stereocenters. The van der Waals surface area contributed by atoms with Gasteiger partial charge < -0.3 is 10.1 Å². The Labute approximate surface area is 93.6 Å². The predicted octanol–water partition coefficient (Wildman–Crippen LogP) is 3.34. The van der Waals surface area contributed by atoms with Gasteiger partial charge in [0, 0.05) is 6.54 Å². The SMILES string of the molecule is CCC(C)CCCNC(=O)OC(C)(C)C. The average molecular weight is 215 g/mol. The van der Waals surface area contributed by atoms with E-state index in [1.165, 1.54) is 6.42 Å². The van der Waals surface area contributed by atoms with E-state index in [2.05, 4.69) is 19.2 Å². The average Bonchev–Trinajstić information content (AvgIpc) is 2.09. The highest BCUT2D eigenvalue weighted by molar-refractivity contribution is 5.67. The lowest BCUT2D eigenvalue weighted by Gasteiger charge is -2.19. The number of rotatable bonds is 5. The van der Waals surface area contributed by atoms with Crippen molar-refractivity contribution in [1.29, 1.82) is 0 Å². The van der Waals surface area contributed by atoms with Crippen LogP contribution in [0.4, 0.5) is 4.79 Å². The number of hydrogen-bond acceptors (Lipinski definition) is 2. The van der Waals surface area contributed by atoms with Crippen LogP contribution in [-0.4, -0.2) is 18.2 Å². The molecule has 0 heterocycles. The highest BCUT2D eigenvalue weighted by Gasteiger charge is 2.15. The van der Waals surface area contributed by atoms with Gasteiger partial charge in [-0.3, -0.25) is 0 Å². The summed E-state index contributed by atoms with van der Waals surface area (Å²) < 4.78 is 5.12. The summed E-state index contributed by atoms with van der Waals surface area (Å²) in [5.74, 6) is 0.741. The quantitative estimate of drug-likeness (QED) is 0.714. The number of amides is 1. The van der Waals surface area contributed by atoms with Gasteiger partial charge in [0.15, 0.2) is 0 Å². The van der Waals surface area contributed by atoms with Gasteiger partial charge in [-0.05, 0) is 39.5 Å². The van der Waals surface area contributed by atoms with Gasteiger partial charge in [-0.25, -0.2) is 4.79 Å². The van der Waals surface area contributed by atoms with E-state index in [0.717, 1.165) is 18.8 Å². The van der Waals surface area contributed by atoms with E-state index in [9.17, 15) is 4.79 Å². The Bertz CT molecular complexity index is 185. The van der Waals surface area contributed by atoms with Crippen molar-refractivity contribution < 1.29 is 9.53 Å². The smallest absolute Gasteiger partial charge is 0.407 e. The Balaban J connectivity index is 3.48. The molecule has 1 amide bonds. The van der Waals surface area contributed by atoms with E-state index in [1.54, 1.807) is 0 Å². The fraction of sp³-hybridized carbons (Fsp3) is 0.917. The molecule has 0 rings (SSSR count). The van der Waals surface area contributed by atoms with Crippen LogP contribution >= 0.6 is 0 Å². The number of nitrogens with one attached hydrogen (secondary N) is 1. The van der Waals surface area contributed by atoms with E-state index in [1.807, 2.05) is 20.8 Å². The van der Waals surface area contributed by atoms with E-state index < -0.39 is 5.60 Å². The summed E-state index contributed by atoms with van der Waals surface area (Å²) in [5, 5.41) is 2.76. The van der Waals surface area contributed by atoms with Crippen LogP contribution in [0.25, 0.3) is 0 Å². The lowest BCUT2D eigenvalue weighted by atomic mass is 10.0. The third-order valence-corrected chi connectivity index (χ3v) is 2.24. The van der Waals surface area contributed by atoms with Crippen molar-refractivity contribution >= 4 is 6.09 Å². The van der Waals surface area contributed by atoms with Gasteiger partial charge in [0.05, 0.1) is 0 Å². The molecule has 3 heteroatoms. The molecule has 0 radical (unpaired) electrons. The van der Waals surface area contributed by atoms with Crippen molar-refractivity contribution in [2.75, 3.05) is 6.54 Å². The monoisotopic (exact) mass is 215 g/mol. The third kappa shape index (κ3) is 9.57. The third-order valence-electron chi connectivity index (χ3n) is 2.24. The van der Waals surface area contributed by atoms with Gasteiger partial charge in [0.2, 0.25) is 0 Å². The molecule has 0 saturated heterocycles. The molecule has 15 heavy (non-hydrogen) atoms. The van der Waals surface area contributed by atoms with Gasteiger partial charge in [-0.15, -0.1) is 0 Å². The van der Waals surface area contributed by atoms with Crippen molar-refractivity contribution in [3.8, 4) is 0 Å². The summed E-state index contributed by atoms with van der Waals surface area (Å²) in [6.07, 6.45) is 3.07. The summed E-state index contributed by atoms with van der Waals surface area (Å²) in [5.41, 5.74) is -0.402. The molecular weight excluding hydrogens is 190 g/mol. The predicted molar refractivity (Wildman–Crippen MR) is 62.9 cm³/mol. The zero-order chi connectivity index (χ0) is 11.9. The normalized spacial score (nSPS) is 13.4. The Hall–Kier alpha value is -0.730. The van der Waals surface area contributed by atoms with Gasteiger partial charge in [0.25, 0.3) is 0 Å². The number of carbonyl (C=O) groups is 1. The molecule has 0 bridgehead atoms. The number of hydrogen-bond donors (Lipinski definition) is 1. The first-order chi connectivity index (χ1) is 6.85. The molecule has 0 aliphatic heterocycles. The minimum atomic E-state index is -0.402. The molecule has 0 aromatic rings. The molecule has 0 spiro atoms. The highest BCUT2D eigenvalue weighted by atomic mass is 16.6. The van der Waals surface area contributed by atoms with Crippen molar-refractivity contribution in [2.24, 2.45) is 5.92 Å². The molecule has 1 N–H and O–H groups in total. The van der Waals surface area contributed by atoms with E-state index in [-0.39, 0.29) is 6.09 Å². The topological polar surface area (TPSA) is 38.3 Å². The summed E-state index contributed by atoms with van der Waals surface area (Å²) >= 11 is 0. The summed E-state index contributed by atoms with van der Waals surface area (Å²) in [6.45, 7) is 10.7. The van der Waals surface area contributed by atoms with Gasteiger partial charge in [0.1, 0.15) is 5.60 Å². The molecule has 0 aromatic heterocycles. The Morgan fingerprint density at radius 3 is 2.47 bits per heavy atom. The van der Waals surface area contributed by atoms with Crippen LogP contribution < -0.4 is 5.32 Å². The van der Waals surface area contributed by atoms with Crippen LogP contribution in [0.2, 0.25) is 0 Å². The minimum Gasteiger partial charge on any atom is -0.444 e. The van der Waals surface area contributed by atoms with Crippen LogP contribution in [-0.2, 0) is 4.74 Å². The van der Waals surface area contributed by atoms with Crippen LogP contribution in [0.15, 0.2) is 0 Å². The fourth-order valence-electron chi connectivity index (χ4n) is 1.16. The second-order valence-corrected chi connectivity index (χ2v) is 5.08. The van der Waals surface area contributed by atoms with E-state index >= 15 is 0 Å². The van der Waals surface area contributed by atoms with Crippen molar-refractivity contribution in [1.82, 2.24) is 5.32 Å². The molecule has 0 fully saturated rings. The molecule has 90 valence electrons. The van der Waals surface area contributed by atoms with Crippen LogP contribution in [0.3, 0.4) is 0 Å². The summed E-state index contributed by atoms with van der Waals surface area (Å²) in [6, 6.07) is 0. The second-order valence-electron chi connectivity index (χ2n) is 5.08. The Morgan fingerprint density at radius 2 is 2.00 bits per heavy atom. The van der Waals surface area contributed by atoms with Crippen LogP contribution in [0.1, 0.15) is 53.9 Å². The number of ether oxygens (including phenoxy) is 1. The molecule has 0 aliphatic rings. The Kier molecular flexibility index (Phi) is 6.37. The van der Waals surface area contributed by atoms with Gasteiger partial charge in [-0.1, -0.05) is 20.3 Å². The summed E-state index contributed by atoms with van der Waals surface area (Å²) in [4.78, 5) is 11.2. The van der Waals surface area contributed by atoms with Crippen LogP contribution in [0.5, 0.6) is 0 Å². The standard InChI is InChI=1S/C12H25NO2/c1-6-10(2)8-7-9-13-11(14)15-12(3,4)5/h10H,6-9H2,1-5H3,(H,13,14).